The molecule has 3 nitrogen and oxygen atoms in total. The monoisotopic (exact) mass is 225 g/mol. The fourth-order valence-corrected chi connectivity index (χ4v) is 3.16. The van der Waals surface area contributed by atoms with E-state index in [0.717, 1.165) is 58.4 Å². The minimum atomic E-state index is -0.0449. The summed E-state index contributed by atoms with van der Waals surface area (Å²) in [6.45, 7) is 5.63. The summed E-state index contributed by atoms with van der Waals surface area (Å²) in [5.41, 5.74) is -0.0449. The van der Waals surface area contributed by atoms with Gasteiger partial charge in [-0.3, -0.25) is 4.79 Å². The zero-order chi connectivity index (χ0) is 11.4. The predicted octanol–water partition coefficient (Wildman–Crippen LogP) is 1.76. The second-order valence-electron chi connectivity index (χ2n) is 5.21. The van der Waals surface area contributed by atoms with Gasteiger partial charge in [-0.1, -0.05) is 13.3 Å². The van der Waals surface area contributed by atoms with Crippen LogP contribution in [0.2, 0.25) is 0 Å². The van der Waals surface area contributed by atoms with Crippen LogP contribution in [0.5, 0.6) is 0 Å². The van der Waals surface area contributed by atoms with Crippen LogP contribution >= 0.6 is 0 Å². The van der Waals surface area contributed by atoms with Crippen molar-refractivity contribution < 1.29 is 9.53 Å². The number of ether oxygens (including phenoxy) is 1. The van der Waals surface area contributed by atoms with Crippen molar-refractivity contribution in [2.45, 2.75) is 39.0 Å². The van der Waals surface area contributed by atoms with Crippen LogP contribution in [0, 0.1) is 11.3 Å². The summed E-state index contributed by atoms with van der Waals surface area (Å²) in [6.07, 6.45) is 5.07. The number of carbonyl (C=O) groups excluding carboxylic acids is 1. The normalized spacial score (nSPS) is 31.8. The standard InChI is InChI=1S/C13H23NO2/c1-2-5-13(6-7-14-10-13)12(15)11-3-8-16-9-4-11/h11,14H,2-10H2,1H3. The summed E-state index contributed by atoms with van der Waals surface area (Å²) in [6, 6.07) is 0. The van der Waals surface area contributed by atoms with Gasteiger partial charge in [0, 0.05) is 31.1 Å². The molecular formula is C13H23NO2. The van der Waals surface area contributed by atoms with E-state index in [1.54, 1.807) is 0 Å². The maximum absolute atomic E-state index is 12.6. The average Bonchev–Trinajstić information content (AvgIpc) is 2.80. The summed E-state index contributed by atoms with van der Waals surface area (Å²) in [5, 5.41) is 3.37. The lowest BCUT2D eigenvalue weighted by Crippen LogP contribution is -2.40. The highest BCUT2D eigenvalue weighted by Crippen LogP contribution is 2.37. The molecule has 0 bridgehead atoms. The molecule has 1 atom stereocenters. The molecule has 2 rings (SSSR count). The van der Waals surface area contributed by atoms with Gasteiger partial charge in [-0.05, 0) is 32.2 Å². The summed E-state index contributed by atoms with van der Waals surface area (Å²) < 4.78 is 5.34. The first kappa shape index (κ1) is 12.1. The third-order valence-electron chi connectivity index (χ3n) is 4.09. The van der Waals surface area contributed by atoms with Crippen LogP contribution in [0.4, 0.5) is 0 Å². The summed E-state index contributed by atoms with van der Waals surface area (Å²) in [4.78, 5) is 12.6. The molecule has 0 aromatic rings. The Balaban J connectivity index is 2.04. The van der Waals surface area contributed by atoms with Gasteiger partial charge in [0.05, 0.1) is 0 Å². The molecule has 0 aliphatic carbocycles. The topological polar surface area (TPSA) is 38.3 Å². The molecule has 2 aliphatic rings. The van der Waals surface area contributed by atoms with E-state index >= 15 is 0 Å². The first-order valence-electron chi connectivity index (χ1n) is 6.61. The zero-order valence-corrected chi connectivity index (χ0v) is 10.3. The SMILES string of the molecule is CCCC1(C(=O)C2CCOCC2)CCNC1. The van der Waals surface area contributed by atoms with Gasteiger partial charge in [-0.25, -0.2) is 0 Å². The molecule has 0 saturated carbocycles. The highest BCUT2D eigenvalue weighted by molar-refractivity contribution is 5.87. The average molecular weight is 225 g/mol. The highest BCUT2D eigenvalue weighted by Gasteiger charge is 2.43. The van der Waals surface area contributed by atoms with Crippen molar-refractivity contribution in [2.24, 2.45) is 11.3 Å². The van der Waals surface area contributed by atoms with Gasteiger partial charge in [0.1, 0.15) is 5.78 Å². The van der Waals surface area contributed by atoms with E-state index < -0.39 is 0 Å². The molecule has 2 fully saturated rings. The van der Waals surface area contributed by atoms with Crippen molar-refractivity contribution in [1.29, 1.82) is 0 Å². The third-order valence-corrected chi connectivity index (χ3v) is 4.09. The van der Waals surface area contributed by atoms with Crippen molar-refractivity contribution in [3.8, 4) is 0 Å². The quantitative estimate of drug-likeness (QED) is 0.792. The predicted molar refractivity (Wildman–Crippen MR) is 63.4 cm³/mol. The minimum absolute atomic E-state index is 0.0449. The largest absolute Gasteiger partial charge is 0.381 e. The molecule has 0 aromatic carbocycles. The number of carbonyl (C=O) groups is 1. The van der Waals surface area contributed by atoms with Crippen LogP contribution in [0.3, 0.4) is 0 Å². The Morgan fingerprint density at radius 1 is 1.44 bits per heavy atom. The molecule has 1 N–H and O–H groups in total. The lowest BCUT2D eigenvalue weighted by Gasteiger charge is -2.32. The van der Waals surface area contributed by atoms with E-state index in [1.807, 2.05) is 0 Å². The molecule has 0 radical (unpaired) electrons. The Morgan fingerprint density at radius 3 is 2.75 bits per heavy atom. The molecule has 0 aromatic heterocycles. The van der Waals surface area contributed by atoms with Gasteiger partial charge in [0.2, 0.25) is 0 Å². The van der Waals surface area contributed by atoms with E-state index in [0.29, 0.717) is 5.78 Å². The summed E-state index contributed by atoms with van der Waals surface area (Å²) >= 11 is 0. The van der Waals surface area contributed by atoms with Crippen LogP contribution in [0.1, 0.15) is 39.0 Å². The fraction of sp³-hybridized carbons (Fsp3) is 0.923. The highest BCUT2D eigenvalue weighted by atomic mass is 16.5. The molecule has 0 spiro atoms. The van der Waals surface area contributed by atoms with Gasteiger partial charge < -0.3 is 10.1 Å². The van der Waals surface area contributed by atoms with Gasteiger partial charge in [0.15, 0.2) is 0 Å². The number of rotatable bonds is 4. The van der Waals surface area contributed by atoms with Crippen LogP contribution in [-0.4, -0.2) is 32.1 Å². The van der Waals surface area contributed by atoms with Crippen molar-refractivity contribution in [3.05, 3.63) is 0 Å². The number of hydrogen-bond acceptors (Lipinski definition) is 3. The Morgan fingerprint density at radius 2 is 2.19 bits per heavy atom. The number of Topliss-reactive ketones (excluding diaryl/α,β-unsaturated/α-hetero) is 1. The number of ketones is 1. The van der Waals surface area contributed by atoms with Gasteiger partial charge in [0.25, 0.3) is 0 Å². The van der Waals surface area contributed by atoms with Crippen LogP contribution < -0.4 is 5.32 Å². The van der Waals surface area contributed by atoms with E-state index in [4.69, 9.17) is 4.74 Å². The van der Waals surface area contributed by atoms with Gasteiger partial charge in [-0.15, -0.1) is 0 Å². The van der Waals surface area contributed by atoms with Gasteiger partial charge in [-0.2, -0.15) is 0 Å². The molecule has 16 heavy (non-hydrogen) atoms. The third kappa shape index (κ3) is 2.30. The summed E-state index contributed by atoms with van der Waals surface area (Å²) in [5.74, 6) is 0.780. The second-order valence-corrected chi connectivity index (χ2v) is 5.21. The number of hydrogen-bond donors (Lipinski definition) is 1. The van der Waals surface area contributed by atoms with E-state index in [2.05, 4.69) is 12.2 Å². The molecule has 0 amide bonds. The van der Waals surface area contributed by atoms with Gasteiger partial charge >= 0.3 is 0 Å². The van der Waals surface area contributed by atoms with Crippen LogP contribution in [-0.2, 0) is 9.53 Å². The number of nitrogens with one attached hydrogen (secondary N) is 1. The molecule has 3 heteroatoms. The minimum Gasteiger partial charge on any atom is -0.381 e. The smallest absolute Gasteiger partial charge is 0.143 e. The van der Waals surface area contributed by atoms with E-state index in [-0.39, 0.29) is 11.3 Å². The molecule has 2 saturated heterocycles. The Kier molecular flexibility index (Phi) is 3.98. The first-order valence-corrected chi connectivity index (χ1v) is 6.61. The second kappa shape index (κ2) is 5.28. The maximum Gasteiger partial charge on any atom is 0.143 e. The molecule has 2 heterocycles. The lowest BCUT2D eigenvalue weighted by molar-refractivity contribution is -0.135. The first-order chi connectivity index (χ1) is 7.78. The van der Waals surface area contributed by atoms with Crippen LogP contribution in [0.15, 0.2) is 0 Å². The molecule has 92 valence electrons. The zero-order valence-electron chi connectivity index (χ0n) is 10.3. The molecule has 2 aliphatic heterocycles. The van der Waals surface area contributed by atoms with Crippen molar-refractivity contribution >= 4 is 5.78 Å². The fourth-order valence-electron chi connectivity index (χ4n) is 3.16. The van der Waals surface area contributed by atoms with Crippen molar-refractivity contribution in [1.82, 2.24) is 5.32 Å². The van der Waals surface area contributed by atoms with Crippen molar-refractivity contribution in [3.63, 3.8) is 0 Å². The van der Waals surface area contributed by atoms with Crippen LogP contribution in [0.25, 0.3) is 0 Å². The van der Waals surface area contributed by atoms with E-state index in [9.17, 15) is 4.79 Å². The Bertz CT molecular complexity index is 240. The Labute approximate surface area is 97.9 Å². The molecular weight excluding hydrogens is 202 g/mol. The molecule has 1 unspecified atom stereocenters. The Hall–Kier alpha value is -0.410. The van der Waals surface area contributed by atoms with Crippen molar-refractivity contribution in [2.75, 3.05) is 26.3 Å². The lowest BCUT2D eigenvalue weighted by atomic mass is 9.72. The van der Waals surface area contributed by atoms with E-state index in [1.165, 1.54) is 0 Å². The maximum atomic E-state index is 12.6. The summed E-state index contributed by atoms with van der Waals surface area (Å²) in [7, 11) is 0.